The lowest BCUT2D eigenvalue weighted by molar-refractivity contribution is -0.140. The quantitative estimate of drug-likeness (QED) is 0.796. The van der Waals surface area contributed by atoms with Gasteiger partial charge in [0, 0.05) is 18.3 Å². The molecule has 0 heterocycles. The van der Waals surface area contributed by atoms with Gasteiger partial charge in [-0.25, -0.2) is 9.18 Å². The van der Waals surface area contributed by atoms with E-state index in [1.165, 1.54) is 25.5 Å². The second-order valence-electron chi connectivity index (χ2n) is 3.58. The minimum Gasteiger partial charge on any atom is -0.469 e. The average molecular weight is 266 g/mol. The topological polar surface area (TPSA) is 67.4 Å². The highest BCUT2D eigenvalue weighted by Crippen LogP contribution is 2.07. The number of amides is 2. The molecule has 0 radical (unpaired) electrons. The van der Waals surface area contributed by atoms with Crippen molar-refractivity contribution >= 4 is 18.1 Å². The van der Waals surface area contributed by atoms with E-state index in [1.54, 1.807) is 18.2 Å². The molecule has 0 spiro atoms. The van der Waals surface area contributed by atoms with Gasteiger partial charge in [0.05, 0.1) is 13.5 Å². The van der Waals surface area contributed by atoms with Crippen LogP contribution in [0.15, 0.2) is 30.5 Å². The van der Waals surface area contributed by atoms with Crippen LogP contribution in [0.4, 0.5) is 9.18 Å². The molecule has 0 atom stereocenters. The molecule has 1 rings (SSSR count). The fraction of sp³-hybridized carbons (Fsp3) is 0.231. The Morgan fingerprint density at radius 2 is 2.11 bits per heavy atom. The summed E-state index contributed by atoms with van der Waals surface area (Å²) < 4.78 is 17.6. The van der Waals surface area contributed by atoms with Gasteiger partial charge >= 0.3 is 12.0 Å². The van der Waals surface area contributed by atoms with Gasteiger partial charge in [-0.3, -0.25) is 4.79 Å². The Labute approximate surface area is 110 Å². The molecule has 0 saturated carbocycles. The van der Waals surface area contributed by atoms with Crippen molar-refractivity contribution in [2.24, 2.45) is 0 Å². The van der Waals surface area contributed by atoms with E-state index >= 15 is 0 Å². The zero-order chi connectivity index (χ0) is 14.1. The van der Waals surface area contributed by atoms with Crippen LogP contribution >= 0.6 is 0 Å². The molecule has 0 aromatic heterocycles. The first-order valence-electron chi connectivity index (χ1n) is 5.65. The van der Waals surface area contributed by atoms with Crippen LogP contribution in [0, 0.1) is 5.82 Å². The van der Waals surface area contributed by atoms with Crippen LogP contribution in [0.5, 0.6) is 0 Å². The number of carbonyl (C=O) groups is 2. The first-order chi connectivity index (χ1) is 9.13. The molecule has 0 aliphatic heterocycles. The predicted molar refractivity (Wildman–Crippen MR) is 68.6 cm³/mol. The minimum absolute atomic E-state index is 0.0982. The molecule has 0 saturated heterocycles. The highest BCUT2D eigenvalue weighted by atomic mass is 19.1. The van der Waals surface area contributed by atoms with Crippen molar-refractivity contribution in [2.75, 3.05) is 13.7 Å². The van der Waals surface area contributed by atoms with Crippen LogP contribution in [0.2, 0.25) is 0 Å². The smallest absolute Gasteiger partial charge is 0.318 e. The maximum Gasteiger partial charge on any atom is 0.318 e. The lowest BCUT2D eigenvalue weighted by Crippen LogP contribution is -2.33. The SMILES string of the molecule is COC(=O)CCNC(=O)N/C=C/c1ccccc1F. The van der Waals surface area contributed by atoms with Gasteiger partial charge in [-0.2, -0.15) is 0 Å². The van der Waals surface area contributed by atoms with Crippen molar-refractivity contribution in [3.63, 3.8) is 0 Å². The standard InChI is InChI=1S/C13H15FN2O3/c1-19-12(17)7-9-16-13(18)15-8-6-10-4-2-3-5-11(10)14/h2-6,8H,7,9H2,1H3,(H2,15,16,18)/b8-6+. The first kappa shape index (κ1) is 14.7. The van der Waals surface area contributed by atoms with Gasteiger partial charge in [-0.05, 0) is 12.1 Å². The Balaban J connectivity index is 2.30. The largest absolute Gasteiger partial charge is 0.469 e. The molecule has 1 aromatic rings. The predicted octanol–water partition coefficient (Wildman–Crippen LogP) is 1.66. The number of halogens is 1. The monoisotopic (exact) mass is 266 g/mol. The van der Waals surface area contributed by atoms with Crippen molar-refractivity contribution in [1.29, 1.82) is 0 Å². The number of hydrogen-bond donors (Lipinski definition) is 2. The number of methoxy groups -OCH3 is 1. The fourth-order valence-electron chi connectivity index (χ4n) is 1.25. The van der Waals surface area contributed by atoms with Gasteiger partial charge in [-0.1, -0.05) is 18.2 Å². The molecule has 0 fully saturated rings. The molecule has 6 heteroatoms. The molecule has 0 aliphatic rings. The van der Waals surface area contributed by atoms with Crippen molar-refractivity contribution < 1.29 is 18.7 Å². The molecular formula is C13H15FN2O3. The van der Waals surface area contributed by atoms with Gasteiger partial charge in [-0.15, -0.1) is 0 Å². The summed E-state index contributed by atoms with van der Waals surface area (Å²) in [4.78, 5) is 22.0. The third-order valence-corrected chi connectivity index (χ3v) is 2.22. The number of nitrogens with one attached hydrogen (secondary N) is 2. The van der Waals surface area contributed by atoms with Crippen molar-refractivity contribution in [2.45, 2.75) is 6.42 Å². The van der Waals surface area contributed by atoms with Gasteiger partial charge in [0.2, 0.25) is 0 Å². The van der Waals surface area contributed by atoms with Crippen molar-refractivity contribution in [3.8, 4) is 0 Å². The summed E-state index contributed by atoms with van der Waals surface area (Å²) in [6, 6.07) is 5.72. The third kappa shape index (κ3) is 5.67. The van der Waals surface area contributed by atoms with Crippen LogP contribution in [0.25, 0.3) is 6.08 Å². The number of carbonyl (C=O) groups excluding carboxylic acids is 2. The van der Waals surface area contributed by atoms with E-state index in [9.17, 15) is 14.0 Å². The van der Waals surface area contributed by atoms with E-state index in [1.807, 2.05) is 0 Å². The summed E-state index contributed by atoms with van der Waals surface area (Å²) in [7, 11) is 1.28. The van der Waals surface area contributed by atoms with E-state index < -0.39 is 12.0 Å². The first-order valence-corrected chi connectivity index (χ1v) is 5.65. The molecule has 0 bridgehead atoms. The van der Waals surface area contributed by atoms with Crippen LogP contribution in [0.1, 0.15) is 12.0 Å². The maximum atomic E-state index is 13.2. The highest BCUT2D eigenvalue weighted by Gasteiger charge is 2.01. The Hall–Kier alpha value is -2.37. The highest BCUT2D eigenvalue weighted by molar-refractivity contribution is 5.77. The van der Waals surface area contributed by atoms with E-state index in [4.69, 9.17) is 0 Å². The number of benzene rings is 1. The van der Waals surface area contributed by atoms with E-state index in [2.05, 4.69) is 15.4 Å². The summed E-state index contributed by atoms with van der Waals surface area (Å²) in [5.41, 5.74) is 0.373. The lowest BCUT2D eigenvalue weighted by Gasteiger charge is -2.03. The van der Waals surface area contributed by atoms with Crippen LogP contribution in [0.3, 0.4) is 0 Å². The Morgan fingerprint density at radius 3 is 2.79 bits per heavy atom. The molecule has 19 heavy (non-hydrogen) atoms. The fourth-order valence-corrected chi connectivity index (χ4v) is 1.25. The number of hydrogen-bond acceptors (Lipinski definition) is 3. The summed E-state index contributed by atoms with van der Waals surface area (Å²) >= 11 is 0. The molecule has 5 nitrogen and oxygen atoms in total. The Bertz CT molecular complexity index is 475. The van der Waals surface area contributed by atoms with E-state index in [-0.39, 0.29) is 18.8 Å². The summed E-state index contributed by atoms with van der Waals surface area (Å²) in [6.45, 7) is 0.173. The van der Waals surface area contributed by atoms with Crippen LogP contribution < -0.4 is 10.6 Å². The molecule has 1 aromatic carbocycles. The molecule has 102 valence electrons. The number of rotatable bonds is 5. The lowest BCUT2D eigenvalue weighted by atomic mass is 10.2. The third-order valence-electron chi connectivity index (χ3n) is 2.22. The van der Waals surface area contributed by atoms with Gasteiger partial charge in [0.1, 0.15) is 5.82 Å². The maximum absolute atomic E-state index is 13.2. The van der Waals surface area contributed by atoms with E-state index in [0.717, 1.165) is 0 Å². The summed E-state index contributed by atoms with van der Waals surface area (Å²) in [5, 5.41) is 4.85. The number of ether oxygens (including phenoxy) is 1. The molecule has 0 unspecified atom stereocenters. The molecule has 2 amide bonds. The molecule has 2 N–H and O–H groups in total. The zero-order valence-corrected chi connectivity index (χ0v) is 10.5. The van der Waals surface area contributed by atoms with E-state index in [0.29, 0.717) is 5.56 Å². The van der Waals surface area contributed by atoms with Gasteiger partial charge < -0.3 is 15.4 Å². The normalized spacial score (nSPS) is 10.2. The Morgan fingerprint density at radius 1 is 1.37 bits per heavy atom. The van der Waals surface area contributed by atoms with Gasteiger partial charge in [0.15, 0.2) is 0 Å². The summed E-state index contributed by atoms with van der Waals surface area (Å²) in [6.07, 6.45) is 2.86. The van der Waals surface area contributed by atoms with Crippen molar-refractivity contribution in [1.82, 2.24) is 10.6 Å². The second kappa shape index (κ2) is 7.86. The Kier molecular flexibility index (Phi) is 6.08. The summed E-state index contributed by atoms with van der Waals surface area (Å²) in [5.74, 6) is -0.770. The zero-order valence-electron chi connectivity index (χ0n) is 10.5. The molecular weight excluding hydrogens is 251 g/mol. The minimum atomic E-state index is -0.475. The number of esters is 1. The average Bonchev–Trinajstić information content (AvgIpc) is 2.40. The van der Waals surface area contributed by atoms with Crippen molar-refractivity contribution in [3.05, 3.63) is 41.8 Å². The number of urea groups is 1. The van der Waals surface area contributed by atoms with Crippen LogP contribution in [-0.4, -0.2) is 25.7 Å². The van der Waals surface area contributed by atoms with Crippen LogP contribution in [-0.2, 0) is 9.53 Å². The van der Waals surface area contributed by atoms with Gasteiger partial charge in [0.25, 0.3) is 0 Å². The second-order valence-corrected chi connectivity index (χ2v) is 3.58. The molecule has 0 aliphatic carbocycles.